The number of esters is 1. The average Bonchev–Trinajstić information content (AvgIpc) is 2.27. The van der Waals surface area contributed by atoms with Crippen molar-refractivity contribution in [2.45, 2.75) is 33.6 Å². The molecule has 0 spiro atoms. The largest absolute Gasteiger partial charge is 0.508 e. The Kier molecular flexibility index (Phi) is 5.03. The summed E-state index contributed by atoms with van der Waals surface area (Å²) in [6, 6.07) is 4.93. The predicted molar refractivity (Wildman–Crippen MR) is 71.9 cm³/mol. The number of hydrogen-bond acceptors (Lipinski definition) is 3. The smallest absolute Gasteiger partial charge is 0.311 e. The minimum Gasteiger partial charge on any atom is -0.508 e. The molecule has 1 aromatic carbocycles. The van der Waals surface area contributed by atoms with E-state index in [1.165, 1.54) is 0 Å². The van der Waals surface area contributed by atoms with Crippen LogP contribution in [0.3, 0.4) is 0 Å². The number of ether oxygens (including phenoxy) is 1. The van der Waals surface area contributed by atoms with Gasteiger partial charge in [-0.05, 0) is 57.4 Å². The summed E-state index contributed by atoms with van der Waals surface area (Å²) in [6.45, 7) is 5.80. The fourth-order valence-electron chi connectivity index (χ4n) is 1.40. The molecule has 0 aliphatic heterocycles. The molecule has 1 rings (SSSR count). The van der Waals surface area contributed by atoms with Crippen molar-refractivity contribution in [1.82, 2.24) is 0 Å². The summed E-state index contributed by atoms with van der Waals surface area (Å²) in [5, 5.41) is 10.2. The summed E-state index contributed by atoms with van der Waals surface area (Å²) in [5.41, 5.74) is 0.298. The van der Waals surface area contributed by atoms with Crippen molar-refractivity contribution in [1.29, 1.82) is 0 Å². The van der Waals surface area contributed by atoms with Crippen LogP contribution in [0.1, 0.15) is 32.8 Å². The normalized spacial score (nSPS) is 11.3. The Morgan fingerprint density at radius 2 is 2.06 bits per heavy atom. The SMILES string of the molecule is CC(C)(C)C(=O)OCCCc1cc(Cl)ccc1O. The molecule has 0 fully saturated rings. The highest BCUT2D eigenvalue weighted by molar-refractivity contribution is 6.30. The Hall–Kier alpha value is -1.22. The van der Waals surface area contributed by atoms with Gasteiger partial charge < -0.3 is 9.84 Å². The molecule has 1 N–H and O–H groups in total. The Morgan fingerprint density at radius 1 is 1.39 bits per heavy atom. The zero-order valence-corrected chi connectivity index (χ0v) is 11.8. The summed E-state index contributed by atoms with van der Waals surface area (Å²) in [7, 11) is 0. The molecular formula is C14H19ClO3. The summed E-state index contributed by atoms with van der Waals surface area (Å²) in [4.78, 5) is 11.5. The van der Waals surface area contributed by atoms with Crippen LogP contribution in [0, 0.1) is 5.41 Å². The first-order chi connectivity index (χ1) is 8.30. The maximum absolute atomic E-state index is 11.5. The fraction of sp³-hybridized carbons (Fsp3) is 0.500. The average molecular weight is 271 g/mol. The molecule has 0 atom stereocenters. The van der Waals surface area contributed by atoms with Crippen LogP contribution in [-0.2, 0) is 16.0 Å². The Labute approximate surface area is 113 Å². The third kappa shape index (κ3) is 4.57. The number of benzene rings is 1. The first-order valence-corrected chi connectivity index (χ1v) is 6.33. The van der Waals surface area contributed by atoms with Gasteiger partial charge in [-0.2, -0.15) is 0 Å². The number of phenolic OH excluding ortho intramolecular Hbond substituents is 1. The van der Waals surface area contributed by atoms with E-state index in [-0.39, 0.29) is 11.7 Å². The van der Waals surface area contributed by atoms with E-state index in [1.807, 2.05) is 20.8 Å². The standard InChI is InChI=1S/C14H19ClO3/c1-14(2,3)13(17)18-8-4-5-10-9-11(15)6-7-12(10)16/h6-7,9,16H,4-5,8H2,1-3H3. The van der Waals surface area contributed by atoms with Crippen LogP contribution in [0.5, 0.6) is 5.75 Å². The highest BCUT2D eigenvalue weighted by Gasteiger charge is 2.22. The van der Waals surface area contributed by atoms with Crippen LogP contribution in [0.25, 0.3) is 0 Å². The highest BCUT2D eigenvalue weighted by atomic mass is 35.5. The van der Waals surface area contributed by atoms with Gasteiger partial charge in [-0.25, -0.2) is 0 Å². The number of hydrogen-bond donors (Lipinski definition) is 1. The minimum atomic E-state index is -0.474. The molecule has 0 aliphatic rings. The van der Waals surface area contributed by atoms with Gasteiger partial charge in [0.15, 0.2) is 0 Å². The number of aryl methyl sites for hydroxylation is 1. The van der Waals surface area contributed by atoms with E-state index >= 15 is 0 Å². The highest BCUT2D eigenvalue weighted by Crippen LogP contribution is 2.23. The lowest BCUT2D eigenvalue weighted by molar-refractivity contribution is -0.153. The van der Waals surface area contributed by atoms with Gasteiger partial charge in [0.25, 0.3) is 0 Å². The molecule has 18 heavy (non-hydrogen) atoms. The van der Waals surface area contributed by atoms with Crippen LogP contribution in [0.4, 0.5) is 0 Å². The number of carbonyl (C=O) groups is 1. The molecule has 0 saturated carbocycles. The van der Waals surface area contributed by atoms with Crippen molar-refractivity contribution < 1.29 is 14.6 Å². The lowest BCUT2D eigenvalue weighted by Crippen LogP contribution is -2.23. The van der Waals surface area contributed by atoms with E-state index < -0.39 is 5.41 Å². The number of carbonyl (C=O) groups excluding carboxylic acids is 1. The van der Waals surface area contributed by atoms with Gasteiger partial charge in [0.05, 0.1) is 12.0 Å². The van der Waals surface area contributed by atoms with Crippen LogP contribution in [-0.4, -0.2) is 17.7 Å². The number of aromatic hydroxyl groups is 1. The topological polar surface area (TPSA) is 46.5 Å². The molecule has 0 amide bonds. The molecule has 0 saturated heterocycles. The number of rotatable bonds is 4. The molecule has 100 valence electrons. The van der Waals surface area contributed by atoms with Crippen LogP contribution >= 0.6 is 11.6 Å². The monoisotopic (exact) mass is 270 g/mol. The summed E-state index contributed by atoms with van der Waals surface area (Å²) >= 11 is 5.84. The van der Waals surface area contributed by atoms with Crippen LogP contribution in [0.2, 0.25) is 5.02 Å². The molecule has 0 aliphatic carbocycles. The van der Waals surface area contributed by atoms with Crippen molar-refractivity contribution in [2.75, 3.05) is 6.61 Å². The molecule has 0 heterocycles. The quantitative estimate of drug-likeness (QED) is 0.672. The first kappa shape index (κ1) is 14.8. The molecule has 3 nitrogen and oxygen atoms in total. The van der Waals surface area contributed by atoms with E-state index in [4.69, 9.17) is 16.3 Å². The first-order valence-electron chi connectivity index (χ1n) is 5.95. The zero-order chi connectivity index (χ0) is 13.8. The molecular weight excluding hydrogens is 252 g/mol. The summed E-state index contributed by atoms with van der Waals surface area (Å²) in [6.07, 6.45) is 1.29. The van der Waals surface area contributed by atoms with Crippen molar-refractivity contribution in [3.8, 4) is 5.75 Å². The van der Waals surface area contributed by atoms with E-state index in [1.54, 1.807) is 18.2 Å². The Morgan fingerprint density at radius 3 is 2.67 bits per heavy atom. The van der Waals surface area contributed by atoms with Gasteiger partial charge in [0.1, 0.15) is 5.75 Å². The van der Waals surface area contributed by atoms with Crippen molar-refractivity contribution >= 4 is 17.6 Å². The molecule has 0 aromatic heterocycles. The Balaban J connectivity index is 2.39. The van der Waals surface area contributed by atoms with Gasteiger partial charge in [0.2, 0.25) is 0 Å². The van der Waals surface area contributed by atoms with Gasteiger partial charge in [0, 0.05) is 5.02 Å². The second-order valence-corrected chi connectivity index (χ2v) is 5.70. The fourth-order valence-corrected chi connectivity index (χ4v) is 1.59. The van der Waals surface area contributed by atoms with Gasteiger partial charge in [-0.3, -0.25) is 4.79 Å². The number of halogens is 1. The van der Waals surface area contributed by atoms with Crippen molar-refractivity contribution in [3.05, 3.63) is 28.8 Å². The second kappa shape index (κ2) is 6.10. The van der Waals surface area contributed by atoms with E-state index in [0.29, 0.717) is 24.5 Å². The van der Waals surface area contributed by atoms with Crippen molar-refractivity contribution in [2.24, 2.45) is 5.41 Å². The Bertz CT molecular complexity index is 422. The second-order valence-electron chi connectivity index (χ2n) is 5.26. The predicted octanol–water partition coefficient (Wildman–Crippen LogP) is 3.57. The lowest BCUT2D eigenvalue weighted by Gasteiger charge is -2.16. The summed E-state index contributed by atoms with van der Waals surface area (Å²) in [5.74, 6) is 0.0133. The number of phenols is 1. The molecule has 4 heteroatoms. The van der Waals surface area contributed by atoms with Gasteiger partial charge >= 0.3 is 5.97 Å². The van der Waals surface area contributed by atoms with Gasteiger partial charge in [-0.1, -0.05) is 11.6 Å². The zero-order valence-electron chi connectivity index (χ0n) is 11.0. The summed E-state index contributed by atoms with van der Waals surface area (Å²) < 4.78 is 5.14. The maximum atomic E-state index is 11.5. The van der Waals surface area contributed by atoms with Crippen molar-refractivity contribution in [3.63, 3.8) is 0 Å². The molecule has 0 unspecified atom stereocenters. The molecule has 1 aromatic rings. The van der Waals surface area contributed by atoms with Crippen LogP contribution in [0.15, 0.2) is 18.2 Å². The maximum Gasteiger partial charge on any atom is 0.311 e. The van der Waals surface area contributed by atoms with E-state index in [0.717, 1.165) is 5.56 Å². The van der Waals surface area contributed by atoms with E-state index in [9.17, 15) is 9.90 Å². The third-order valence-electron chi connectivity index (χ3n) is 2.48. The third-order valence-corrected chi connectivity index (χ3v) is 2.71. The van der Waals surface area contributed by atoms with Gasteiger partial charge in [-0.15, -0.1) is 0 Å². The van der Waals surface area contributed by atoms with E-state index in [2.05, 4.69) is 0 Å². The molecule has 0 radical (unpaired) electrons. The molecule has 0 bridgehead atoms. The minimum absolute atomic E-state index is 0.210. The lowest BCUT2D eigenvalue weighted by atomic mass is 9.97. The van der Waals surface area contributed by atoms with Crippen LogP contribution < -0.4 is 0 Å².